The molecule has 0 spiro atoms. The predicted octanol–water partition coefficient (Wildman–Crippen LogP) is 4.70. The SMILES string of the molecule is Cc1cccc2sc(NC(=O)c3ccn(-c4ccccc4Cl)n3)nc12. The number of anilines is 1. The first-order chi connectivity index (χ1) is 12.1. The van der Waals surface area contributed by atoms with Gasteiger partial charge >= 0.3 is 0 Å². The Morgan fingerprint density at radius 3 is 2.80 bits per heavy atom. The van der Waals surface area contributed by atoms with Crippen LogP contribution in [0.4, 0.5) is 5.13 Å². The standard InChI is InChI=1S/C18H13ClN4OS/c1-11-5-4-8-15-16(11)20-18(25-15)21-17(24)13-9-10-23(22-13)14-7-3-2-6-12(14)19/h2-10H,1H3,(H,20,21,24). The van der Waals surface area contributed by atoms with Crippen molar-refractivity contribution in [1.29, 1.82) is 0 Å². The molecule has 4 rings (SSSR count). The third-order valence-electron chi connectivity index (χ3n) is 3.76. The number of nitrogens with one attached hydrogen (secondary N) is 1. The molecule has 0 atom stereocenters. The molecule has 0 saturated carbocycles. The molecule has 2 heterocycles. The zero-order chi connectivity index (χ0) is 17.4. The second-order valence-corrected chi connectivity index (χ2v) is 6.93. The highest BCUT2D eigenvalue weighted by Crippen LogP contribution is 2.28. The van der Waals surface area contributed by atoms with Crippen LogP contribution in [0, 0.1) is 6.92 Å². The Bertz CT molecular complexity index is 1090. The highest BCUT2D eigenvalue weighted by atomic mass is 35.5. The van der Waals surface area contributed by atoms with Gasteiger partial charge in [-0.3, -0.25) is 10.1 Å². The minimum absolute atomic E-state index is 0.302. The topological polar surface area (TPSA) is 59.8 Å². The van der Waals surface area contributed by atoms with Crippen molar-refractivity contribution in [1.82, 2.24) is 14.8 Å². The number of fused-ring (bicyclic) bond motifs is 1. The van der Waals surface area contributed by atoms with Crippen LogP contribution in [0.5, 0.6) is 0 Å². The maximum absolute atomic E-state index is 12.5. The number of hydrogen-bond acceptors (Lipinski definition) is 4. The molecular weight excluding hydrogens is 356 g/mol. The zero-order valence-corrected chi connectivity index (χ0v) is 14.8. The van der Waals surface area contributed by atoms with Gasteiger partial charge in [0.05, 0.1) is 20.9 Å². The van der Waals surface area contributed by atoms with Gasteiger partial charge in [0.2, 0.25) is 0 Å². The van der Waals surface area contributed by atoms with Crippen LogP contribution >= 0.6 is 22.9 Å². The van der Waals surface area contributed by atoms with E-state index < -0.39 is 0 Å². The Balaban J connectivity index is 1.59. The van der Waals surface area contributed by atoms with Crippen LogP contribution in [-0.4, -0.2) is 20.7 Å². The number of benzene rings is 2. The van der Waals surface area contributed by atoms with E-state index in [4.69, 9.17) is 11.6 Å². The summed E-state index contributed by atoms with van der Waals surface area (Å²) in [6.45, 7) is 2.00. The van der Waals surface area contributed by atoms with Crippen molar-refractivity contribution in [2.24, 2.45) is 0 Å². The number of rotatable bonds is 3. The van der Waals surface area contributed by atoms with Gasteiger partial charge in [-0.25, -0.2) is 9.67 Å². The van der Waals surface area contributed by atoms with E-state index >= 15 is 0 Å². The number of halogens is 1. The number of hydrogen-bond donors (Lipinski definition) is 1. The van der Waals surface area contributed by atoms with Gasteiger partial charge in [-0.05, 0) is 36.8 Å². The Morgan fingerprint density at radius 1 is 1.16 bits per heavy atom. The summed E-state index contributed by atoms with van der Waals surface area (Å²) in [6.07, 6.45) is 1.71. The normalized spacial score (nSPS) is 11.0. The molecule has 7 heteroatoms. The van der Waals surface area contributed by atoms with Gasteiger partial charge in [-0.2, -0.15) is 5.10 Å². The molecule has 0 bridgehead atoms. The molecule has 1 amide bonds. The summed E-state index contributed by atoms with van der Waals surface area (Å²) >= 11 is 7.61. The van der Waals surface area contributed by atoms with Crippen LogP contribution in [0.2, 0.25) is 5.02 Å². The average molecular weight is 369 g/mol. The third kappa shape index (κ3) is 3.01. The van der Waals surface area contributed by atoms with Crippen molar-refractivity contribution in [2.45, 2.75) is 6.92 Å². The average Bonchev–Trinajstić information content (AvgIpc) is 3.23. The number of carbonyl (C=O) groups is 1. The molecule has 0 saturated heterocycles. The highest BCUT2D eigenvalue weighted by molar-refractivity contribution is 7.22. The molecule has 0 unspecified atom stereocenters. The molecule has 1 N–H and O–H groups in total. The molecule has 5 nitrogen and oxygen atoms in total. The molecule has 0 aliphatic carbocycles. The van der Waals surface area contributed by atoms with E-state index in [0.717, 1.165) is 21.5 Å². The largest absolute Gasteiger partial charge is 0.296 e. The van der Waals surface area contributed by atoms with E-state index in [2.05, 4.69) is 15.4 Å². The van der Waals surface area contributed by atoms with E-state index in [1.54, 1.807) is 23.0 Å². The molecule has 2 aromatic heterocycles. The minimum atomic E-state index is -0.303. The molecule has 0 fully saturated rings. The van der Waals surface area contributed by atoms with Crippen molar-refractivity contribution in [2.75, 3.05) is 5.32 Å². The number of para-hydroxylation sites is 2. The van der Waals surface area contributed by atoms with E-state index in [1.807, 2.05) is 43.3 Å². The lowest BCUT2D eigenvalue weighted by atomic mass is 10.2. The second kappa shape index (κ2) is 6.31. The summed E-state index contributed by atoms with van der Waals surface area (Å²) < 4.78 is 2.62. The predicted molar refractivity (Wildman–Crippen MR) is 101 cm³/mol. The quantitative estimate of drug-likeness (QED) is 0.570. The van der Waals surface area contributed by atoms with E-state index in [1.165, 1.54) is 11.3 Å². The second-order valence-electron chi connectivity index (χ2n) is 5.49. The van der Waals surface area contributed by atoms with E-state index in [9.17, 15) is 4.79 Å². The first-order valence-electron chi connectivity index (χ1n) is 7.60. The molecule has 0 radical (unpaired) electrons. The summed E-state index contributed by atoms with van der Waals surface area (Å²) in [5.74, 6) is -0.303. The van der Waals surface area contributed by atoms with Crippen LogP contribution in [0.3, 0.4) is 0 Å². The van der Waals surface area contributed by atoms with Crippen molar-refractivity contribution >= 4 is 44.2 Å². The van der Waals surface area contributed by atoms with Gasteiger partial charge in [0, 0.05) is 6.20 Å². The lowest BCUT2D eigenvalue weighted by Crippen LogP contribution is -2.13. The van der Waals surface area contributed by atoms with Crippen molar-refractivity contribution in [3.63, 3.8) is 0 Å². The number of amides is 1. The first kappa shape index (κ1) is 15.8. The molecular formula is C18H13ClN4OS. The number of aryl methyl sites for hydroxylation is 1. The van der Waals surface area contributed by atoms with Gasteiger partial charge < -0.3 is 0 Å². The Kier molecular flexibility index (Phi) is 3.99. The Hall–Kier alpha value is -2.70. The molecule has 4 aromatic rings. The fourth-order valence-electron chi connectivity index (χ4n) is 2.52. The Morgan fingerprint density at radius 2 is 2.00 bits per heavy atom. The van der Waals surface area contributed by atoms with Crippen molar-refractivity contribution in [3.05, 3.63) is 71.0 Å². The van der Waals surface area contributed by atoms with Gasteiger partial charge in [-0.1, -0.05) is 47.2 Å². The van der Waals surface area contributed by atoms with Crippen LogP contribution < -0.4 is 5.32 Å². The lowest BCUT2D eigenvalue weighted by molar-refractivity contribution is 0.102. The third-order valence-corrected chi connectivity index (χ3v) is 5.02. The molecule has 2 aromatic carbocycles. The molecule has 0 aliphatic heterocycles. The summed E-state index contributed by atoms with van der Waals surface area (Å²) in [7, 11) is 0. The molecule has 124 valence electrons. The van der Waals surface area contributed by atoms with Crippen LogP contribution in [0.25, 0.3) is 15.9 Å². The van der Waals surface area contributed by atoms with Crippen LogP contribution in [0.1, 0.15) is 16.1 Å². The maximum atomic E-state index is 12.5. The summed E-state index contributed by atoms with van der Waals surface area (Å²) in [5.41, 5.74) is 3.01. The van der Waals surface area contributed by atoms with Gasteiger partial charge in [0.15, 0.2) is 10.8 Å². The number of carbonyl (C=O) groups excluding carboxylic acids is 1. The number of thiazole rings is 1. The maximum Gasteiger partial charge on any atom is 0.277 e. The first-order valence-corrected chi connectivity index (χ1v) is 8.79. The molecule has 0 aliphatic rings. The zero-order valence-electron chi connectivity index (χ0n) is 13.2. The summed E-state index contributed by atoms with van der Waals surface area (Å²) in [6, 6.07) is 14.9. The number of nitrogens with zero attached hydrogens (tertiary/aromatic N) is 3. The number of aromatic nitrogens is 3. The van der Waals surface area contributed by atoms with Crippen LogP contribution in [0.15, 0.2) is 54.7 Å². The monoisotopic (exact) mass is 368 g/mol. The fraction of sp³-hybridized carbons (Fsp3) is 0.0556. The van der Waals surface area contributed by atoms with Gasteiger partial charge in [0.1, 0.15) is 0 Å². The van der Waals surface area contributed by atoms with Crippen LogP contribution in [-0.2, 0) is 0 Å². The van der Waals surface area contributed by atoms with E-state index in [-0.39, 0.29) is 5.91 Å². The van der Waals surface area contributed by atoms with Crippen molar-refractivity contribution < 1.29 is 4.79 Å². The molecule has 25 heavy (non-hydrogen) atoms. The smallest absolute Gasteiger partial charge is 0.277 e. The van der Waals surface area contributed by atoms with E-state index in [0.29, 0.717) is 15.8 Å². The van der Waals surface area contributed by atoms with Gasteiger partial charge in [0.25, 0.3) is 5.91 Å². The van der Waals surface area contributed by atoms with Gasteiger partial charge in [-0.15, -0.1) is 0 Å². The lowest BCUT2D eigenvalue weighted by Gasteiger charge is -2.03. The summed E-state index contributed by atoms with van der Waals surface area (Å²) in [5, 5.41) is 8.25. The highest BCUT2D eigenvalue weighted by Gasteiger charge is 2.14. The fourth-order valence-corrected chi connectivity index (χ4v) is 3.68. The Labute approximate surface area is 152 Å². The summed E-state index contributed by atoms with van der Waals surface area (Å²) in [4.78, 5) is 16.9. The minimum Gasteiger partial charge on any atom is -0.296 e. The van der Waals surface area contributed by atoms with Crippen molar-refractivity contribution in [3.8, 4) is 5.69 Å².